The Bertz CT molecular complexity index is 1290. The first-order valence-electron chi connectivity index (χ1n) is 20.3. The number of aliphatic hydroxyl groups excluding tert-OH is 3. The molecule has 0 radical (unpaired) electrons. The summed E-state index contributed by atoms with van der Waals surface area (Å²) in [6, 6.07) is 0. The van der Waals surface area contributed by atoms with Gasteiger partial charge in [-0.05, 0) is 77.0 Å². The number of aliphatic carboxylic acids is 1. The number of ether oxygens (including phenoxy) is 4. The van der Waals surface area contributed by atoms with Crippen molar-refractivity contribution in [2.75, 3.05) is 13.2 Å². The molecule has 1 saturated heterocycles. The predicted octanol–water partition coefficient (Wildman–Crippen LogP) is 8.08. The molecule has 0 aromatic rings. The smallest absolute Gasteiger partial charge is 0.335 e. The number of hydrogen-bond acceptors (Lipinski definition) is 10. The highest BCUT2D eigenvalue weighted by molar-refractivity contribution is 5.73. The van der Waals surface area contributed by atoms with E-state index in [1.807, 2.05) is 18.2 Å². The summed E-state index contributed by atoms with van der Waals surface area (Å²) < 4.78 is 21.5. The third-order valence-electron chi connectivity index (χ3n) is 8.44. The number of allylic oxidation sites excluding steroid dienone is 16. The quantitative estimate of drug-likeness (QED) is 0.0305. The summed E-state index contributed by atoms with van der Waals surface area (Å²) in [6.45, 7) is 3.46. The van der Waals surface area contributed by atoms with Crippen LogP contribution in [0.15, 0.2) is 97.2 Å². The fourth-order valence-electron chi connectivity index (χ4n) is 5.29. The molecule has 6 atom stereocenters. The van der Waals surface area contributed by atoms with Gasteiger partial charge in [0, 0.05) is 12.8 Å². The summed E-state index contributed by atoms with van der Waals surface area (Å²) in [5, 5.41) is 39.7. The molecule has 56 heavy (non-hydrogen) atoms. The van der Waals surface area contributed by atoms with Gasteiger partial charge in [-0.3, -0.25) is 9.59 Å². The van der Waals surface area contributed by atoms with Gasteiger partial charge >= 0.3 is 17.9 Å². The Labute approximate surface area is 334 Å². The van der Waals surface area contributed by atoms with E-state index >= 15 is 0 Å². The molecule has 1 rings (SSSR count). The Balaban J connectivity index is 2.48. The highest BCUT2D eigenvalue weighted by Gasteiger charge is 2.47. The van der Waals surface area contributed by atoms with Gasteiger partial charge in [-0.15, -0.1) is 0 Å². The van der Waals surface area contributed by atoms with E-state index in [4.69, 9.17) is 18.9 Å². The van der Waals surface area contributed by atoms with E-state index in [1.54, 1.807) is 0 Å². The SMILES string of the molecule is CC/C=C\C/C=C\C/C=C\C/C=C\CCCCCCC(=O)OCC(COC1OC(C(=O)O)C(O)C(O)C1O)OC(=O)CC/C=C\C/C=C\C/C=C\C/C=C\CC. The number of carbonyl (C=O) groups is 3. The normalized spacial score (nSPS) is 21.3. The first kappa shape index (κ1) is 50.1. The van der Waals surface area contributed by atoms with Gasteiger partial charge in [-0.1, -0.05) is 124 Å². The summed E-state index contributed by atoms with van der Waals surface area (Å²) in [7, 11) is 0. The second kappa shape index (κ2) is 34.4. The molecule has 6 unspecified atom stereocenters. The zero-order valence-electron chi connectivity index (χ0n) is 33.6. The molecular weight excluding hydrogens is 716 g/mol. The number of rotatable bonds is 31. The van der Waals surface area contributed by atoms with Crippen LogP contribution in [-0.4, -0.2) is 88.4 Å². The van der Waals surface area contributed by atoms with Crippen LogP contribution in [0.2, 0.25) is 0 Å². The van der Waals surface area contributed by atoms with Gasteiger partial charge in [0.25, 0.3) is 0 Å². The van der Waals surface area contributed by atoms with Crippen molar-refractivity contribution in [2.24, 2.45) is 0 Å². The van der Waals surface area contributed by atoms with E-state index in [0.29, 0.717) is 12.8 Å². The number of aliphatic hydroxyl groups is 3. The standard InChI is InChI=1S/C45H68O11/c1-3-5-7-9-11-13-15-17-18-19-20-22-23-25-27-29-31-33-38(46)53-35-37(36-54-45-42(50)40(48)41(49)43(56-45)44(51)52)55-39(47)34-32-30-28-26-24-21-16-14-12-10-8-6-4-2/h5-8,11-14,17-18,20-22,24,28,30,37,40-43,45,48-50H,3-4,9-10,15-16,19,23,25-27,29,31-36H2,1-2H3,(H,51,52)/b7-5-,8-6-,13-11-,14-12-,18-17-,22-20-,24-21-,30-28-. The fourth-order valence-corrected chi connectivity index (χ4v) is 5.29. The monoisotopic (exact) mass is 784 g/mol. The number of esters is 2. The summed E-state index contributed by atoms with van der Waals surface area (Å²) in [6.07, 6.45) is 36.2. The Morgan fingerprint density at radius 2 is 1.04 bits per heavy atom. The van der Waals surface area contributed by atoms with Crippen LogP contribution in [0.25, 0.3) is 0 Å². The van der Waals surface area contributed by atoms with E-state index < -0.39 is 61.3 Å². The number of hydrogen-bond donors (Lipinski definition) is 4. The van der Waals surface area contributed by atoms with Crippen LogP contribution in [-0.2, 0) is 33.3 Å². The lowest BCUT2D eigenvalue weighted by molar-refractivity contribution is -0.298. The first-order chi connectivity index (χ1) is 27.2. The maximum absolute atomic E-state index is 12.7. The lowest BCUT2D eigenvalue weighted by Gasteiger charge is -2.38. The molecule has 4 N–H and O–H groups in total. The van der Waals surface area contributed by atoms with Crippen LogP contribution in [0, 0.1) is 0 Å². The Morgan fingerprint density at radius 1 is 0.554 bits per heavy atom. The van der Waals surface area contributed by atoms with Gasteiger partial charge in [-0.25, -0.2) is 4.79 Å². The molecule has 0 saturated carbocycles. The molecule has 1 heterocycles. The largest absolute Gasteiger partial charge is 0.479 e. The number of carboxylic acids is 1. The molecule has 1 aliphatic heterocycles. The number of carboxylic acid groups (broad SMARTS) is 1. The third kappa shape index (κ3) is 26.1. The maximum atomic E-state index is 12.7. The van der Waals surface area contributed by atoms with Crippen LogP contribution in [0.3, 0.4) is 0 Å². The zero-order chi connectivity index (χ0) is 41.1. The van der Waals surface area contributed by atoms with E-state index in [1.165, 1.54) is 0 Å². The minimum absolute atomic E-state index is 0.0497. The second-order valence-corrected chi connectivity index (χ2v) is 13.4. The van der Waals surface area contributed by atoms with Crippen LogP contribution in [0.1, 0.15) is 117 Å². The molecule has 11 heteroatoms. The molecule has 0 spiro atoms. The summed E-state index contributed by atoms with van der Waals surface area (Å²) in [5.74, 6) is -2.60. The third-order valence-corrected chi connectivity index (χ3v) is 8.44. The van der Waals surface area contributed by atoms with E-state index in [-0.39, 0.29) is 19.4 Å². The first-order valence-corrected chi connectivity index (χ1v) is 20.3. The van der Waals surface area contributed by atoms with Crippen molar-refractivity contribution in [1.82, 2.24) is 0 Å². The summed E-state index contributed by atoms with van der Waals surface area (Å²) in [4.78, 5) is 36.7. The van der Waals surface area contributed by atoms with Crippen molar-refractivity contribution in [3.8, 4) is 0 Å². The topological polar surface area (TPSA) is 169 Å². The molecule has 0 bridgehead atoms. The predicted molar refractivity (Wildman–Crippen MR) is 219 cm³/mol. The van der Waals surface area contributed by atoms with Crippen molar-refractivity contribution in [2.45, 2.75) is 153 Å². The van der Waals surface area contributed by atoms with E-state index in [9.17, 15) is 34.8 Å². The van der Waals surface area contributed by atoms with E-state index in [2.05, 4.69) is 92.8 Å². The van der Waals surface area contributed by atoms with Crippen molar-refractivity contribution >= 4 is 17.9 Å². The fraction of sp³-hybridized carbons (Fsp3) is 0.578. The lowest BCUT2D eigenvalue weighted by Crippen LogP contribution is -2.60. The lowest BCUT2D eigenvalue weighted by atomic mass is 9.99. The molecule has 11 nitrogen and oxygen atoms in total. The summed E-state index contributed by atoms with van der Waals surface area (Å²) >= 11 is 0. The molecule has 314 valence electrons. The molecule has 1 aliphatic rings. The minimum atomic E-state index is -1.88. The number of unbranched alkanes of at least 4 members (excludes halogenated alkanes) is 4. The molecule has 0 aromatic carbocycles. The molecule has 0 aliphatic carbocycles. The molecule has 0 aromatic heterocycles. The van der Waals surface area contributed by atoms with Gasteiger partial charge < -0.3 is 39.4 Å². The maximum Gasteiger partial charge on any atom is 0.335 e. The average Bonchev–Trinajstić information content (AvgIpc) is 3.18. The highest BCUT2D eigenvalue weighted by Crippen LogP contribution is 2.23. The number of carbonyl (C=O) groups excluding carboxylic acids is 2. The Kier molecular flexibility index (Phi) is 30.8. The summed E-state index contributed by atoms with van der Waals surface area (Å²) in [5.41, 5.74) is 0. The molecular formula is C45H68O11. The van der Waals surface area contributed by atoms with Crippen LogP contribution in [0.5, 0.6) is 0 Å². The highest BCUT2D eigenvalue weighted by atomic mass is 16.7. The molecule has 0 amide bonds. The van der Waals surface area contributed by atoms with Gasteiger partial charge in [0.2, 0.25) is 0 Å². The van der Waals surface area contributed by atoms with Gasteiger partial charge in [-0.2, -0.15) is 0 Å². The Hall–Kier alpha value is -3.87. The van der Waals surface area contributed by atoms with Gasteiger partial charge in [0.1, 0.15) is 24.9 Å². The average molecular weight is 785 g/mol. The zero-order valence-corrected chi connectivity index (χ0v) is 33.6. The van der Waals surface area contributed by atoms with Crippen molar-refractivity contribution < 1.29 is 53.8 Å². The van der Waals surface area contributed by atoms with Crippen molar-refractivity contribution in [3.05, 3.63) is 97.2 Å². The van der Waals surface area contributed by atoms with Crippen LogP contribution < -0.4 is 0 Å². The van der Waals surface area contributed by atoms with Gasteiger partial charge in [0.15, 0.2) is 18.5 Å². The Morgan fingerprint density at radius 3 is 1.55 bits per heavy atom. The second-order valence-electron chi connectivity index (χ2n) is 13.4. The molecule has 1 fully saturated rings. The van der Waals surface area contributed by atoms with Gasteiger partial charge in [0.05, 0.1) is 6.61 Å². The van der Waals surface area contributed by atoms with E-state index in [0.717, 1.165) is 77.0 Å². The van der Waals surface area contributed by atoms with Crippen LogP contribution in [0.4, 0.5) is 0 Å². The minimum Gasteiger partial charge on any atom is -0.479 e. The van der Waals surface area contributed by atoms with Crippen molar-refractivity contribution in [3.63, 3.8) is 0 Å². The van der Waals surface area contributed by atoms with Crippen LogP contribution >= 0.6 is 0 Å². The van der Waals surface area contributed by atoms with Crippen molar-refractivity contribution in [1.29, 1.82) is 0 Å².